The van der Waals surface area contributed by atoms with E-state index in [4.69, 9.17) is 10.5 Å². The van der Waals surface area contributed by atoms with Crippen molar-refractivity contribution in [3.05, 3.63) is 30.1 Å². The first-order chi connectivity index (χ1) is 8.55. The molecule has 98 valence electrons. The van der Waals surface area contributed by atoms with Crippen LogP contribution in [0, 0.1) is 5.82 Å². The molecule has 1 aliphatic rings. The van der Waals surface area contributed by atoms with E-state index < -0.39 is 5.54 Å². The first kappa shape index (κ1) is 12.8. The van der Waals surface area contributed by atoms with Crippen LogP contribution in [0.5, 0.6) is 5.75 Å². The maximum atomic E-state index is 13.0. The molecule has 0 bridgehead atoms. The lowest BCUT2D eigenvalue weighted by atomic mass is 9.97. The average molecular weight is 252 g/mol. The van der Waals surface area contributed by atoms with Crippen molar-refractivity contribution in [2.75, 3.05) is 7.05 Å². The Labute approximate surface area is 105 Å². The summed E-state index contributed by atoms with van der Waals surface area (Å²) < 4.78 is 18.7. The van der Waals surface area contributed by atoms with Gasteiger partial charge in [0, 0.05) is 12.5 Å². The molecule has 2 unspecified atom stereocenters. The zero-order chi connectivity index (χ0) is 13.2. The van der Waals surface area contributed by atoms with Gasteiger partial charge in [-0.3, -0.25) is 4.79 Å². The highest BCUT2D eigenvalue weighted by Gasteiger charge is 2.43. The van der Waals surface area contributed by atoms with Gasteiger partial charge in [-0.05, 0) is 32.0 Å². The summed E-state index contributed by atoms with van der Waals surface area (Å²) in [6.45, 7) is 0. The van der Waals surface area contributed by atoms with Crippen LogP contribution in [-0.4, -0.2) is 24.6 Å². The molecule has 2 rings (SSSR count). The van der Waals surface area contributed by atoms with Gasteiger partial charge in [0.05, 0.1) is 0 Å². The Balaban J connectivity index is 2.03. The molecule has 1 saturated carbocycles. The second-order valence-electron chi connectivity index (χ2n) is 4.64. The van der Waals surface area contributed by atoms with Gasteiger partial charge in [0.15, 0.2) is 0 Å². The number of rotatable bonds is 4. The summed E-state index contributed by atoms with van der Waals surface area (Å²) in [5.74, 6) is -0.216. The van der Waals surface area contributed by atoms with Crippen LogP contribution >= 0.6 is 0 Å². The lowest BCUT2D eigenvalue weighted by Gasteiger charge is -2.24. The Kier molecular flexibility index (Phi) is 3.52. The van der Waals surface area contributed by atoms with Gasteiger partial charge in [0.1, 0.15) is 23.2 Å². The average Bonchev–Trinajstić information content (AvgIpc) is 2.74. The fourth-order valence-electron chi connectivity index (χ4n) is 2.41. The number of hydrogen-bond donors (Lipinski definition) is 2. The van der Waals surface area contributed by atoms with Crippen LogP contribution in [0.15, 0.2) is 24.3 Å². The predicted molar refractivity (Wildman–Crippen MR) is 65.7 cm³/mol. The molecule has 0 radical (unpaired) electrons. The molecule has 2 atom stereocenters. The molecule has 3 N–H and O–H groups in total. The van der Waals surface area contributed by atoms with E-state index in [1.807, 2.05) is 0 Å². The molecule has 5 heteroatoms. The van der Waals surface area contributed by atoms with Crippen LogP contribution in [0.2, 0.25) is 0 Å². The first-order valence-electron chi connectivity index (χ1n) is 5.97. The highest BCUT2D eigenvalue weighted by Crippen LogP contribution is 2.32. The molecule has 18 heavy (non-hydrogen) atoms. The van der Waals surface area contributed by atoms with Gasteiger partial charge in [0.25, 0.3) is 0 Å². The van der Waals surface area contributed by atoms with Crippen molar-refractivity contribution in [3.8, 4) is 5.75 Å². The molecule has 1 aromatic rings. The van der Waals surface area contributed by atoms with E-state index in [0.29, 0.717) is 18.6 Å². The molecule has 1 fully saturated rings. The Bertz CT molecular complexity index is 452. The van der Waals surface area contributed by atoms with E-state index >= 15 is 0 Å². The van der Waals surface area contributed by atoms with Crippen LogP contribution in [-0.2, 0) is 4.79 Å². The molecule has 1 aliphatic carbocycles. The van der Waals surface area contributed by atoms with E-state index in [9.17, 15) is 9.18 Å². The standard InChI is InChI=1S/C13H17FN2O2/c1-16-13(12(15)17)6-5-11(8-13)18-10-4-2-3-9(14)7-10/h2-4,7,11,16H,5-6,8H2,1H3,(H2,15,17). The number of carbonyl (C=O) groups is 1. The second kappa shape index (κ2) is 4.94. The summed E-state index contributed by atoms with van der Waals surface area (Å²) in [6.07, 6.45) is 1.75. The van der Waals surface area contributed by atoms with Crippen molar-refractivity contribution in [1.82, 2.24) is 5.32 Å². The maximum absolute atomic E-state index is 13.0. The molecular formula is C13H17FN2O2. The van der Waals surface area contributed by atoms with Gasteiger partial charge in [-0.2, -0.15) is 0 Å². The largest absolute Gasteiger partial charge is 0.490 e. The number of likely N-dealkylation sites (N-methyl/N-ethyl adjacent to an activating group) is 1. The highest BCUT2D eigenvalue weighted by atomic mass is 19.1. The van der Waals surface area contributed by atoms with Crippen molar-refractivity contribution >= 4 is 5.91 Å². The zero-order valence-corrected chi connectivity index (χ0v) is 10.3. The number of nitrogens with two attached hydrogens (primary N) is 1. The topological polar surface area (TPSA) is 64.3 Å². The van der Waals surface area contributed by atoms with Crippen molar-refractivity contribution in [1.29, 1.82) is 0 Å². The smallest absolute Gasteiger partial charge is 0.237 e. The van der Waals surface area contributed by atoms with E-state index in [2.05, 4.69) is 5.32 Å². The van der Waals surface area contributed by atoms with Gasteiger partial charge in [-0.1, -0.05) is 6.07 Å². The monoisotopic (exact) mass is 252 g/mol. The fourth-order valence-corrected chi connectivity index (χ4v) is 2.41. The molecular weight excluding hydrogens is 235 g/mol. The fraction of sp³-hybridized carbons (Fsp3) is 0.462. The molecule has 1 amide bonds. The highest BCUT2D eigenvalue weighted by molar-refractivity contribution is 5.85. The predicted octanol–water partition coefficient (Wildman–Crippen LogP) is 1.20. The van der Waals surface area contributed by atoms with Crippen molar-refractivity contribution in [3.63, 3.8) is 0 Å². The third kappa shape index (κ3) is 2.46. The van der Waals surface area contributed by atoms with Crippen LogP contribution in [0.3, 0.4) is 0 Å². The number of carbonyl (C=O) groups excluding carboxylic acids is 1. The first-order valence-corrected chi connectivity index (χ1v) is 5.97. The molecule has 0 spiro atoms. The summed E-state index contributed by atoms with van der Waals surface area (Å²) in [5, 5.41) is 2.98. The van der Waals surface area contributed by atoms with Gasteiger partial charge in [-0.25, -0.2) is 4.39 Å². The lowest BCUT2D eigenvalue weighted by molar-refractivity contribution is -0.124. The van der Waals surface area contributed by atoms with E-state index in [0.717, 1.165) is 6.42 Å². The Morgan fingerprint density at radius 1 is 1.61 bits per heavy atom. The lowest BCUT2D eigenvalue weighted by Crippen LogP contribution is -2.52. The number of amides is 1. The zero-order valence-electron chi connectivity index (χ0n) is 10.3. The van der Waals surface area contributed by atoms with E-state index in [1.54, 1.807) is 19.2 Å². The van der Waals surface area contributed by atoms with Gasteiger partial charge >= 0.3 is 0 Å². The summed E-state index contributed by atoms with van der Waals surface area (Å²) >= 11 is 0. The van der Waals surface area contributed by atoms with Crippen molar-refractivity contribution in [2.24, 2.45) is 5.73 Å². The summed E-state index contributed by atoms with van der Waals surface area (Å²) in [6, 6.07) is 6.00. The summed E-state index contributed by atoms with van der Waals surface area (Å²) in [5.41, 5.74) is 4.71. The summed E-state index contributed by atoms with van der Waals surface area (Å²) in [4.78, 5) is 11.5. The number of hydrogen-bond acceptors (Lipinski definition) is 3. The second-order valence-corrected chi connectivity index (χ2v) is 4.64. The number of primary amides is 1. The summed E-state index contributed by atoms with van der Waals surface area (Å²) in [7, 11) is 1.72. The quantitative estimate of drug-likeness (QED) is 0.846. The third-order valence-corrected chi connectivity index (χ3v) is 3.52. The molecule has 0 saturated heterocycles. The molecule has 4 nitrogen and oxygen atoms in total. The van der Waals surface area contributed by atoms with Crippen LogP contribution in [0.1, 0.15) is 19.3 Å². The Morgan fingerprint density at radius 2 is 2.39 bits per heavy atom. The number of nitrogens with one attached hydrogen (secondary N) is 1. The Morgan fingerprint density at radius 3 is 2.94 bits per heavy atom. The SMILES string of the molecule is CNC1(C(N)=O)CCC(Oc2cccc(F)c2)C1. The van der Waals surface area contributed by atoms with E-state index in [1.165, 1.54) is 12.1 Å². The number of ether oxygens (including phenoxy) is 1. The molecule has 0 heterocycles. The van der Waals surface area contributed by atoms with Crippen LogP contribution < -0.4 is 15.8 Å². The third-order valence-electron chi connectivity index (χ3n) is 3.52. The van der Waals surface area contributed by atoms with Crippen molar-refractivity contribution in [2.45, 2.75) is 30.9 Å². The maximum Gasteiger partial charge on any atom is 0.237 e. The molecule has 0 aromatic heterocycles. The molecule has 0 aliphatic heterocycles. The number of benzene rings is 1. The minimum Gasteiger partial charge on any atom is -0.490 e. The van der Waals surface area contributed by atoms with Crippen LogP contribution in [0.25, 0.3) is 0 Å². The minimum absolute atomic E-state index is 0.119. The number of halogens is 1. The van der Waals surface area contributed by atoms with Gasteiger partial charge in [0.2, 0.25) is 5.91 Å². The normalized spacial score (nSPS) is 27.1. The minimum atomic E-state index is -0.696. The van der Waals surface area contributed by atoms with Gasteiger partial charge in [-0.15, -0.1) is 0 Å². The van der Waals surface area contributed by atoms with E-state index in [-0.39, 0.29) is 17.8 Å². The van der Waals surface area contributed by atoms with Crippen molar-refractivity contribution < 1.29 is 13.9 Å². The van der Waals surface area contributed by atoms with Gasteiger partial charge < -0.3 is 15.8 Å². The molecule has 1 aromatic carbocycles. The Hall–Kier alpha value is -1.62. The van der Waals surface area contributed by atoms with Crippen LogP contribution in [0.4, 0.5) is 4.39 Å².